The second-order valence-corrected chi connectivity index (χ2v) is 7.46. The van der Waals surface area contributed by atoms with E-state index in [1.165, 1.54) is 52.0 Å². The van der Waals surface area contributed by atoms with Gasteiger partial charge < -0.3 is 15.0 Å². The number of pyridine rings is 1. The van der Waals surface area contributed by atoms with Crippen LogP contribution in [-0.4, -0.2) is 49.2 Å². The van der Waals surface area contributed by atoms with E-state index in [0.29, 0.717) is 17.9 Å². The summed E-state index contributed by atoms with van der Waals surface area (Å²) in [7, 11) is 0. The maximum absolute atomic E-state index is 6.04. The van der Waals surface area contributed by atoms with Gasteiger partial charge in [-0.05, 0) is 43.9 Å². The summed E-state index contributed by atoms with van der Waals surface area (Å²) in [4.78, 5) is 7.05. The highest BCUT2D eigenvalue weighted by molar-refractivity contribution is 5.86. The Balaban J connectivity index is 0.00000104. The summed E-state index contributed by atoms with van der Waals surface area (Å²) in [5.74, 6) is 1.66. The lowest BCUT2D eigenvalue weighted by atomic mass is 9.78. The number of hydrogen-bond donors (Lipinski definition) is 1. The van der Waals surface area contributed by atoms with E-state index in [0.717, 1.165) is 18.2 Å². The highest BCUT2D eigenvalue weighted by Gasteiger charge is 2.48. The van der Waals surface area contributed by atoms with Crippen LogP contribution in [0, 0.1) is 17.3 Å². The molecule has 1 N–H and O–H groups in total. The van der Waals surface area contributed by atoms with Crippen molar-refractivity contribution >= 4 is 37.2 Å². The van der Waals surface area contributed by atoms with Crippen LogP contribution in [-0.2, 0) is 11.3 Å². The second kappa shape index (κ2) is 10.3. The molecule has 0 bridgehead atoms. The molecule has 2 aliphatic heterocycles. The minimum Gasteiger partial charge on any atom is -0.375 e. The van der Waals surface area contributed by atoms with Crippen molar-refractivity contribution in [2.24, 2.45) is 17.3 Å². The van der Waals surface area contributed by atoms with Crippen LogP contribution in [0.2, 0.25) is 0 Å². The third-order valence-electron chi connectivity index (χ3n) is 5.67. The molecule has 1 spiro atoms. The third kappa shape index (κ3) is 5.69. The zero-order valence-electron chi connectivity index (χ0n) is 14.6. The molecule has 4 rings (SSSR count). The predicted octanol–water partition coefficient (Wildman–Crippen LogP) is 3.19. The van der Waals surface area contributed by atoms with Crippen LogP contribution >= 0.6 is 37.2 Å². The summed E-state index contributed by atoms with van der Waals surface area (Å²) in [6, 6.07) is 6.03. The number of nitrogens with one attached hydrogen (secondary N) is 1. The van der Waals surface area contributed by atoms with Gasteiger partial charge in [-0.1, -0.05) is 6.07 Å². The number of ether oxygens (including phenoxy) is 1. The molecule has 7 heteroatoms. The molecule has 1 aromatic heterocycles. The van der Waals surface area contributed by atoms with Crippen molar-refractivity contribution in [2.75, 3.05) is 39.3 Å². The molecule has 3 heterocycles. The maximum Gasteiger partial charge on any atom is 0.0887 e. The van der Waals surface area contributed by atoms with Gasteiger partial charge in [0.05, 0.1) is 18.9 Å². The van der Waals surface area contributed by atoms with Crippen molar-refractivity contribution in [3.8, 4) is 0 Å². The van der Waals surface area contributed by atoms with Crippen LogP contribution < -0.4 is 5.32 Å². The SMILES string of the molecule is Cl.Cl.Cl.c1ccc(COC[C@@H]2CN(CC3CC3)C[C@@]23CCNC3)nc1. The van der Waals surface area contributed by atoms with Gasteiger partial charge in [0.2, 0.25) is 0 Å². The standard InChI is InChI=1S/C18H27N3O.3ClH/c1-2-7-20-17(3-1)12-22-11-16-10-21(9-15-4-5-15)14-18(16)6-8-19-13-18;;;/h1-3,7,15-16,19H,4-6,8-14H2;3*1H/t16-,18-;;;/m0.../s1. The lowest BCUT2D eigenvalue weighted by Crippen LogP contribution is -2.35. The summed E-state index contributed by atoms with van der Waals surface area (Å²) >= 11 is 0. The number of nitrogens with zero attached hydrogens (tertiary/aromatic N) is 2. The number of likely N-dealkylation sites (tertiary alicyclic amines) is 1. The zero-order valence-corrected chi connectivity index (χ0v) is 17.0. The van der Waals surface area contributed by atoms with Crippen molar-refractivity contribution in [2.45, 2.75) is 25.9 Å². The van der Waals surface area contributed by atoms with Gasteiger partial charge >= 0.3 is 0 Å². The van der Waals surface area contributed by atoms with Gasteiger partial charge in [-0.25, -0.2) is 0 Å². The van der Waals surface area contributed by atoms with E-state index in [4.69, 9.17) is 4.74 Å². The van der Waals surface area contributed by atoms with Gasteiger partial charge in [-0.15, -0.1) is 37.2 Å². The molecule has 1 aliphatic carbocycles. The van der Waals surface area contributed by atoms with E-state index < -0.39 is 0 Å². The molecule has 2 atom stereocenters. The van der Waals surface area contributed by atoms with Crippen LogP contribution in [0.3, 0.4) is 0 Å². The largest absolute Gasteiger partial charge is 0.375 e. The minimum atomic E-state index is 0. The quantitative estimate of drug-likeness (QED) is 0.781. The molecule has 4 nitrogen and oxygen atoms in total. The third-order valence-corrected chi connectivity index (χ3v) is 5.67. The van der Waals surface area contributed by atoms with E-state index in [-0.39, 0.29) is 37.2 Å². The van der Waals surface area contributed by atoms with Gasteiger partial charge in [0.1, 0.15) is 0 Å². The monoisotopic (exact) mass is 409 g/mol. The highest BCUT2D eigenvalue weighted by Crippen LogP contribution is 2.43. The van der Waals surface area contributed by atoms with E-state index in [2.05, 4.69) is 15.2 Å². The Kier molecular flexibility index (Phi) is 9.44. The van der Waals surface area contributed by atoms with Gasteiger partial charge in [0.15, 0.2) is 0 Å². The average Bonchev–Trinajstić information content (AvgIpc) is 3.12. The van der Waals surface area contributed by atoms with E-state index in [9.17, 15) is 0 Å². The minimum absolute atomic E-state index is 0. The first-order valence-electron chi connectivity index (χ1n) is 8.75. The maximum atomic E-state index is 6.04. The van der Waals surface area contributed by atoms with Gasteiger partial charge in [-0.3, -0.25) is 4.98 Å². The molecule has 0 radical (unpaired) electrons. The van der Waals surface area contributed by atoms with E-state index in [1.807, 2.05) is 24.4 Å². The Labute approximate surface area is 169 Å². The Hall–Kier alpha value is -0.100. The molecule has 3 fully saturated rings. The first kappa shape index (κ1) is 22.9. The van der Waals surface area contributed by atoms with Crippen LogP contribution in [0.25, 0.3) is 0 Å². The number of halogens is 3. The number of rotatable bonds is 6. The second-order valence-electron chi connectivity index (χ2n) is 7.46. The molecule has 3 aliphatic rings. The molecular formula is C18H30Cl3N3O. The van der Waals surface area contributed by atoms with Crippen molar-refractivity contribution < 1.29 is 4.74 Å². The molecule has 0 unspecified atom stereocenters. The fourth-order valence-corrected chi connectivity index (χ4v) is 4.21. The van der Waals surface area contributed by atoms with Crippen LogP contribution in [0.4, 0.5) is 0 Å². The summed E-state index contributed by atoms with van der Waals surface area (Å²) in [6.45, 7) is 7.68. The van der Waals surface area contributed by atoms with Crippen molar-refractivity contribution in [3.63, 3.8) is 0 Å². The van der Waals surface area contributed by atoms with Crippen molar-refractivity contribution in [1.82, 2.24) is 15.2 Å². The molecule has 144 valence electrons. The smallest absolute Gasteiger partial charge is 0.0887 e. The fraction of sp³-hybridized carbons (Fsp3) is 0.722. The summed E-state index contributed by atoms with van der Waals surface area (Å²) in [5, 5.41) is 3.59. The molecule has 1 aromatic rings. The fourth-order valence-electron chi connectivity index (χ4n) is 4.21. The van der Waals surface area contributed by atoms with E-state index >= 15 is 0 Å². The molecular weight excluding hydrogens is 381 g/mol. The highest BCUT2D eigenvalue weighted by atomic mass is 35.5. The van der Waals surface area contributed by atoms with Gasteiger partial charge in [0.25, 0.3) is 0 Å². The van der Waals surface area contributed by atoms with Gasteiger partial charge in [-0.2, -0.15) is 0 Å². The molecule has 0 aromatic carbocycles. The summed E-state index contributed by atoms with van der Waals surface area (Å²) in [6.07, 6.45) is 6.05. The van der Waals surface area contributed by atoms with Crippen molar-refractivity contribution in [3.05, 3.63) is 30.1 Å². The van der Waals surface area contributed by atoms with Crippen LogP contribution in [0.1, 0.15) is 25.0 Å². The Bertz CT molecular complexity index is 496. The first-order chi connectivity index (χ1) is 10.8. The summed E-state index contributed by atoms with van der Waals surface area (Å²) in [5.41, 5.74) is 1.49. The molecule has 0 amide bonds. The number of aromatic nitrogens is 1. The summed E-state index contributed by atoms with van der Waals surface area (Å²) < 4.78 is 6.04. The van der Waals surface area contributed by atoms with E-state index in [1.54, 1.807) is 0 Å². The Morgan fingerprint density at radius 1 is 1.24 bits per heavy atom. The molecule has 25 heavy (non-hydrogen) atoms. The average molecular weight is 411 g/mol. The normalized spacial score (nSPS) is 28.2. The molecule has 2 saturated heterocycles. The lowest BCUT2D eigenvalue weighted by Gasteiger charge is -2.29. The van der Waals surface area contributed by atoms with Crippen molar-refractivity contribution in [1.29, 1.82) is 0 Å². The zero-order chi connectivity index (χ0) is 14.8. The Morgan fingerprint density at radius 2 is 2.08 bits per heavy atom. The molecule has 1 saturated carbocycles. The van der Waals surface area contributed by atoms with Crippen LogP contribution in [0.15, 0.2) is 24.4 Å². The van der Waals surface area contributed by atoms with Gasteiger partial charge in [0, 0.05) is 43.7 Å². The number of hydrogen-bond acceptors (Lipinski definition) is 4. The Morgan fingerprint density at radius 3 is 2.72 bits per heavy atom. The predicted molar refractivity (Wildman–Crippen MR) is 108 cm³/mol. The lowest BCUT2D eigenvalue weighted by molar-refractivity contribution is 0.0540. The topological polar surface area (TPSA) is 37.4 Å². The van der Waals surface area contributed by atoms with Crippen LogP contribution in [0.5, 0.6) is 0 Å². The first-order valence-corrected chi connectivity index (χ1v) is 8.75.